The summed E-state index contributed by atoms with van der Waals surface area (Å²) < 4.78 is 2.20. The molecule has 0 bridgehead atoms. The molecule has 0 spiro atoms. The SMILES string of the molecule is CCc1[c]c2ccccc2n1C. The van der Waals surface area contributed by atoms with Gasteiger partial charge in [0.1, 0.15) is 0 Å². The Morgan fingerprint density at radius 1 is 1.33 bits per heavy atom. The Labute approximate surface area is 72.6 Å². The van der Waals surface area contributed by atoms with E-state index in [2.05, 4.69) is 48.9 Å². The molecule has 0 amide bonds. The van der Waals surface area contributed by atoms with Gasteiger partial charge in [-0.05, 0) is 12.5 Å². The number of hydrogen-bond acceptors (Lipinski definition) is 0. The summed E-state index contributed by atoms with van der Waals surface area (Å²) >= 11 is 0. The third kappa shape index (κ3) is 0.934. The summed E-state index contributed by atoms with van der Waals surface area (Å²) in [6.45, 7) is 2.16. The van der Waals surface area contributed by atoms with Gasteiger partial charge in [-0.25, -0.2) is 0 Å². The number of para-hydroxylation sites is 1. The predicted octanol–water partition coefficient (Wildman–Crippen LogP) is 2.54. The highest BCUT2D eigenvalue weighted by atomic mass is 14.9. The number of nitrogens with zero attached hydrogens (tertiary/aromatic N) is 1. The molecule has 12 heavy (non-hydrogen) atoms. The average molecular weight is 158 g/mol. The van der Waals surface area contributed by atoms with E-state index in [1.165, 1.54) is 16.6 Å². The lowest BCUT2D eigenvalue weighted by Crippen LogP contribution is -1.92. The molecule has 0 aliphatic heterocycles. The van der Waals surface area contributed by atoms with Crippen molar-refractivity contribution in [3.63, 3.8) is 0 Å². The standard InChI is InChI=1S/C11H12N/c1-3-10-8-9-6-4-5-7-11(9)12(10)2/h4-7H,3H2,1-2H3. The summed E-state index contributed by atoms with van der Waals surface area (Å²) in [7, 11) is 2.09. The predicted molar refractivity (Wildman–Crippen MR) is 51.1 cm³/mol. The summed E-state index contributed by atoms with van der Waals surface area (Å²) in [4.78, 5) is 0. The third-order valence-corrected chi connectivity index (χ3v) is 2.28. The maximum Gasteiger partial charge on any atom is 0.0486 e. The first kappa shape index (κ1) is 7.41. The first-order valence-electron chi connectivity index (χ1n) is 4.28. The van der Waals surface area contributed by atoms with Crippen LogP contribution < -0.4 is 0 Å². The van der Waals surface area contributed by atoms with Crippen molar-refractivity contribution in [1.29, 1.82) is 0 Å². The van der Waals surface area contributed by atoms with Crippen molar-refractivity contribution in [2.45, 2.75) is 13.3 Å². The zero-order valence-electron chi connectivity index (χ0n) is 7.46. The Balaban J connectivity index is 2.78. The van der Waals surface area contributed by atoms with Crippen LogP contribution in [0.4, 0.5) is 0 Å². The van der Waals surface area contributed by atoms with Gasteiger partial charge < -0.3 is 4.57 Å². The van der Waals surface area contributed by atoms with Crippen LogP contribution in [0.3, 0.4) is 0 Å². The molecule has 1 heteroatoms. The number of aryl methyl sites for hydroxylation is 2. The van der Waals surface area contributed by atoms with Crippen LogP contribution in [0, 0.1) is 6.07 Å². The second-order valence-corrected chi connectivity index (χ2v) is 3.00. The molecule has 0 N–H and O–H groups in total. The van der Waals surface area contributed by atoms with Gasteiger partial charge in [0, 0.05) is 29.7 Å². The van der Waals surface area contributed by atoms with Gasteiger partial charge in [0.2, 0.25) is 0 Å². The zero-order valence-corrected chi connectivity index (χ0v) is 7.46. The number of benzene rings is 1. The molecule has 0 atom stereocenters. The fraction of sp³-hybridized carbons (Fsp3) is 0.273. The Kier molecular flexibility index (Phi) is 1.65. The molecule has 0 unspecified atom stereocenters. The highest BCUT2D eigenvalue weighted by Crippen LogP contribution is 2.17. The quantitative estimate of drug-likeness (QED) is 0.601. The van der Waals surface area contributed by atoms with Gasteiger partial charge in [0.25, 0.3) is 0 Å². The van der Waals surface area contributed by atoms with Crippen LogP contribution in [-0.2, 0) is 13.5 Å². The highest BCUT2D eigenvalue weighted by Gasteiger charge is 2.01. The van der Waals surface area contributed by atoms with Crippen molar-refractivity contribution < 1.29 is 0 Å². The van der Waals surface area contributed by atoms with E-state index in [0.717, 1.165) is 6.42 Å². The van der Waals surface area contributed by atoms with Crippen LogP contribution in [0.2, 0.25) is 0 Å². The second kappa shape index (κ2) is 2.67. The van der Waals surface area contributed by atoms with E-state index >= 15 is 0 Å². The smallest absolute Gasteiger partial charge is 0.0486 e. The minimum atomic E-state index is 1.05. The molecule has 1 radical (unpaired) electrons. The molecule has 61 valence electrons. The minimum absolute atomic E-state index is 1.05. The largest absolute Gasteiger partial charge is 0.347 e. The van der Waals surface area contributed by atoms with Crippen LogP contribution >= 0.6 is 0 Å². The number of hydrogen-bond donors (Lipinski definition) is 0. The van der Waals surface area contributed by atoms with Crippen molar-refractivity contribution in [2.24, 2.45) is 7.05 Å². The Morgan fingerprint density at radius 2 is 2.08 bits per heavy atom. The molecule has 1 aromatic carbocycles. The lowest BCUT2D eigenvalue weighted by Gasteiger charge is -1.99. The summed E-state index contributed by atoms with van der Waals surface area (Å²) in [6, 6.07) is 11.7. The molecule has 2 aromatic rings. The summed E-state index contributed by atoms with van der Waals surface area (Å²) in [5.74, 6) is 0. The van der Waals surface area contributed by atoms with Gasteiger partial charge in [-0.1, -0.05) is 25.1 Å². The Hall–Kier alpha value is -1.24. The van der Waals surface area contributed by atoms with Crippen LogP contribution in [0.25, 0.3) is 10.9 Å². The van der Waals surface area contributed by atoms with Crippen LogP contribution in [0.15, 0.2) is 24.3 Å². The number of rotatable bonds is 1. The number of fused-ring (bicyclic) bond motifs is 1. The Morgan fingerprint density at radius 3 is 2.75 bits per heavy atom. The molecule has 0 saturated heterocycles. The third-order valence-electron chi connectivity index (χ3n) is 2.28. The van der Waals surface area contributed by atoms with Gasteiger partial charge in [-0.3, -0.25) is 0 Å². The normalized spacial score (nSPS) is 10.8. The molecule has 2 rings (SSSR count). The zero-order chi connectivity index (χ0) is 8.55. The molecular weight excluding hydrogens is 146 g/mol. The molecule has 1 aromatic heterocycles. The topological polar surface area (TPSA) is 4.93 Å². The van der Waals surface area contributed by atoms with Gasteiger partial charge in [0.05, 0.1) is 0 Å². The fourth-order valence-corrected chi connectivity index (χ4v) is 1.58. The summed E-state index contributed by atoms with van der Waals surface area (Å²) in [5, 5.41) is 1.22. The second-order valence-electron chi connectivity index (χ2n) is 3.00. The molecule has 0 saturated carbocycles. The van der Waals surface area contributed by atoms with E-state index in [-0.39, 0.29) is 0 Å². The van der Waals surface area contributed by atoms with Crippen molar-refractivity contribution in [3.05, 3.63) is 36.0 Å². The molecule has 0 aliphatic carbocycles. The highest BCUT2D eigenvalue weighted by molar-refractivity contribution is 5.80. The maximum absolute atomic E-state index is 3.38. The summed E-state index contributed by atoms with van der Waals surface area (Å²) in [6.07, 6.45) is 1.05. The van der Waals surface area contributed by atoms with Gasteiger partial charge >= 0.3 is 0 Å². The van der Waals surface area contributed by atoms with Crippen molar-refractivity contribution in [1.82, 2.24) is 4.57 Å². The maximum atomic E-state index is 3.38. The first-order chi connectivity index (χ1) is 5.83. The first-order valence-corrected chi connectivity index (χ1v) is 4.28. The van der Waals surface area contributed by atoms with E-state index < -0.39 is 0 Å². The number of aromatic nitrogens is 1. The van der Waals surface area contributed by atoms with E-state index in [4.69, 9.17) is 0 Å². The Bertz CT molecular complexity index is 398. The van der Waals surface area contributed by atoms with E-state index in [9.17, 15) is 0 Å². The van der Waals surface area contributed by atoms with Crippen LogP contribution in [0.5, 0.6) is 0 Å². The molecule has 1 heterocycles. The lowest BCUT2D eigenvalue weighted by molar-refractivity contribution is 0.864. The van der Waals surface area contributed by atoms with Crippen LogP contribution in [0.1, 0.15) is 12.6 Å². The van der Waals surface area contributed by atoms with E-state index in [0.29, 0.717) is 0 Å². The van der Waals surface area contributed by atoms with E-state index in [1.54, 1.807) is 0 Å². The summed E-state index contributed by atoms with van der Waals surface area (Å²) in [5.41, 5.74) is 2.55. The average Bonchev–Trinajstić information content (AvgIpc) is 2.44. The van der Waals surface area contributed by atoms with Crippen molar-refractivity contribution in [2.75, 3.05) is 0 Å². The fourth-order valence-electron chi connectivity index (χ4n) is 1.58. The van der Waals surface area contributed by atoms with Crippen molar-refractivity contribution in [3.8, 4) is 0 Å². The molecule has 1 nitrogen and oxygen atoms in total. The van der Waals surface area contributed by atoms with Gasteiger partial charge in [0.15, 0.2) is 0 Å². The van der Waals surface area contributed by atoms with Crippen molar-refractivity contribution >= 4 is 10.9 Å². The van der Waals surface area contributed by atoms with Crippen LogP contribution in [-0.4, -0.2) is 4.57 Å². The van der Waals surface area contributed by atoms with E-state index in [1.807, 2.05) is 0 Å². The minimum Gasteiger partial charge on any atom is -0.347 e. The molecule has 0 fully saturated rings. The molecule has 0 aliphatic rings. The van der Waals surface area contributed by atoms with Gasteiger partial charge in [-0.15, -0.1) is 0 Å². The lowest BCUT2D eigenvalue weighted by atomic mass is 10.2. The molecular formula is C11H12N. The monoisotopic (exact) mass is 158 g/mol. The van der Waals surface area contributed by atoms with Gasteiger partial charge in [-0.2, -0.15) is 0 Å².